The molecule has 1 aliphatic rings. The van der Waals surface area contributed by atoms with Crippen molar-refractivity contribution >= 4 is 17.7 Å². The molecule has 30 heavy (non-hydrogen) atoms. The molecule has 1 fully saturated rings. The van der Waals surface area contributed by atoms with Crippen LogP contribution in [0.5, 0.6) is 0 Å². The molecule has 1 amide bonds. The molecule has 3 rings (SSSR count). The number of thioether (sulfide) groups is 1. The van der Waals surface area contributed by atoms with Gasteiger partial charge in [-0.3, -0.25) is 4.79 Å². The van der Waals surface area contributed by atoms with Gasteiger partial charge in [-0.05, 0) is 59.4 Å². The maximum atomic E-state index is 12.0. The fourth-order valence-electron chi connectivity index (χ4n) is 4.57. The van der Waals surface area contributed by atoms with E-state index >= 15 is 0 Å². The smallest absolute Gasteiger partial charge is 0.249 e. The van der Waals surface area contributed by atoms with Crippen molar-refractivity contribution in [1.82, 2.24) is 5.32 Å². The van der Waals surface area contributed by atoms with Crippen molar-refractivity contribution in [3.63, 3.8) is 0 Å². The standard InChI is InChI=1S/C26H36N2OS/c1-3-30-18-22(15-20-10-5-4-6-11-20)28-17-21-13-14-24(26(27)29)25(16-21)23-12-8-7-9-19(23)2/h7-9,12-14,16,20,22,28H,3-6,10-11,15,17-18H2,1-2H3,(H2,27,29). The number of aryl methyl sites for hydroxylation is 1. The Labute approximate surface area is 186 Å². The third kappa shape index (κ3) is 6.36. The van der Waals surface area contributed by atoms with Crippen LogP contribution in [0, 0.1) is 12.8 Å². The monoisotopic (exact) mass is 424 g/mol. The first kappa shape index (κ1) is 22.9. The number of rotatable bonds is 10. The molecule has 162 valence electrons. The Kier molecular flexibility index (Phi) is 8.83. The van der Waals surface area contributed by atoms with Gasteiger partial charge in [-0.25, -0.2) is 0 Å². The van der Waals surface area contributed by atoms with E-state index in [2.05, 4.69) is 37.4 Å². The van der Waals surface area contributed by atoms with Gasteiger partial charge in [-0.2, -0.15) is 11.8 Å². The summed E-state index contributed by atoms with van der Waals surface area (Å²) < 4.78 is 0. The third-order valence-electron chi connectivity index (χ3n) is 6.25. The minimum atomic E-state index is -0.373. The van der Waals surface area contributed by atoms with E-state index in [1.165, 1.54) is 44.1 Å². The lowest BCUT2D eigenvalue weighted by molar-refractivity contribution is 0.100. The summed E-state index contributed by atoms with van der Waals surface area (Å²) in [4.78, 5) is 12.0. The van der Waals surface area contributed by atoms with E-state index < -0.39 is 0 Å². The van der Waals surface area contributed by atoms with Gasteiger partial charge in [0.05, 0.1) is 0 Å². The first-order chi connectivity index (χ1) is 14.6. The van der Waals surface area contributed by atoms with Gasteiger partial charge < -0.3 is 11.1 Å². The second kappa shape index (κ2) is 11.6. The summed E-state index contributed by atoms with van der Waals surface area (Å²) in [5.74, 6) is 2.82. The lowest BCUT2D eigenvalue weighted by atomic mass is 9.85. The zero-order valence-corrected chi connectivity index (χ0v) is 19.3. The zero-order valence-electron chi connectivity index (χ0n) is 18.5. The van der Waals surface area contributed by atoms with Gasteiger partial charge in [-0.1, -0.05) is 69.4 Å². The molecule has 4 heteroatoms. The zero-order chi connectivity index (χ0) is 21.3. The largest absolute Gasteiger partial charge is 0.366 e. The number of amides is 1. The molecule has 1 unspecified atom stereocenters. The third-order valence-corrected chi connectivity index (χ3v) is 7.29. The van der Waals surface area contributed by atoms with Gasteiger partial charge in [0.15, 0.2) is 0 Å². The van der Waals surface area contributed by atoms with Gasteiger partial charge >= 0.3 is 0 Å². The number of hydrogen-bond donors (Lipinski definition) is 2. The molecule has 1 atom stereocenters. The normalized spacial score (nSPS) is 15.8. The average molecular weight is 425 g/mol. The van der Waals surface area contributed by atoms with Crippen molar-refractivity contribution in [2.75, 3.05) is 11.5 Å². The van der Waals surface area contributed by atoms with Gasteiger partial charge in [0.1, 0.15) is 0 Å². The fourth-order valence-corrected chi connectivity index (χ4v) is 5.35. The Balaban J connectivity index is 1.75. The molecule has 0 bridgehead atoms. The Hall–Kier alpha value is -1.78. The molecule has 3 nitrogen and oxygen atoms in total. The molecule has 0 aromatic heterocycles. The Morgan fingerprint density at radius 1 is 1.13 bits per heavy atom. The van der Waals surface area contributed by atoms with Crippen LogP contribution >= 0.6 is 11.8 Å². The van der Waals surface area contributed by atoms with Crippen LogP contribution in [-0.2, 0) is 6.54 Å². The van der Waals surface area contributed by atoms with E-state index in [0.717, 1.165) is 40.7 Å². The topological polar surface area (TPSA) is 55.1 Å². The highest BCUT2D eigenvalue weighted by Crippen LogP contribution is 2.30. The van der Waals surface area contributed by atoms with E-state index in [0.29, 0.717) is 11.6 Å². The number of nitrogens with two attached hydrogens (primary N) is 1. The van der Waals surface area contributed by atoms with E-state index in [1.54, 1.807) is 0 Å². The van der Waals surface area contributed by atoms with Crippen molar-refractivity contribution < 1.29 is 4.79 Å². The molecule has 0 aliphatic heterocycles. The number of carbonyl (C=O) groups excluding carboxylic acids is 1. The summed E-state index contributed by atoms with van der Waals surface area (Å²) in [7, 11) is 0. The van der Waals surface area contributed by atoms with Crippen LogP contribution in [0.1, 0.15) is 66.9 Å². The van der Waals surface area contributed by atoms with E-state index in [1.807, 2.05) is 36.0 Å². The first-order valence-corrected chi connectivity index (χ1v) is 12.5. The number of carbonyl (C=O) groups is 1. The Morgan fingerprint density at radius 2 is 1.90 bits per heavy atom. The summed E-state index contributed by atoms with van der Waals surface area (Å²) in [5.41, 5.74) is 10.6. The van der Waals surface area contributed by atoms with E-state index in [-0.39, 0.29) is 5.91 Å². The molecule has 1 aliphatic carbocycles. The SMILES string of the molecule is CCSCC(CC1CCCCC1)NCc1ccc(C(N)=O)c(-c2ccccc2C)c1. The highest BCUT2D eigenvalue weighted by molar-refractivity contribution is 7.99. The predicted molar refractivity (Wildman–Crippen MR) is 130 cm³/mol. The lowest BCUT2D eigenvalue weighted by Crippen LogP contribution is -2.33. The Bertz CT molecular complexity index is 830. The first-order valence-electron chi connectivity index (χ1n) is 11.4. The van der Waals surface area contributed by atoms with Crippen molar-refractivity contribution in [3.8, 4) is 11.1 Å². The minimum absolute atomic E-state index is 0.373. The highest BCUT2D eigenvalue weighted by atomic mass is 32.2. The second-order valence-corrected chi connectivity index (χ2v) is 9.86. The van der Waals surface area contributed by atoms with E-state index in [4.69, 9.17) is 5.73 Å². The molecular weight excluding hydrogens is 388 g/mol. The molecular formula is C26H36N2OS. The fraction of sp³-hybridized carbons (Fsp3) is 0.500. The summed E-state index contributed by atoms with van der Waals surface area (Å²) in [5, 5.41) is 3.82. The van der Waals surface area contributed by atoms with Crippen LogP contribution < -0.4 is 11.1 Å². The Morgan fingerprint density at radius 3 is 2.60 bits per heavy atom. The van der Waals surface area contributed by atoms with Crippen molar-refractivity contribution in [1.29, 1.82) is 0 Å². The van der Waals surface area contributed by atoms with Crippen LogP contribution in [0.2, 0.25) is 0 Å². The van der Waals surface area contributed by atoms with E-state index in [9.17, 15) is 4.79 Å². The van der Waals surface area contributed by atoms with Crippen LogP contribution in [-0.4, -0.2) is 23.5 Å². The maximum Gasteiger partial charge on any atom is 0.249 e. The number of primary amides is 1. The summed E-state index contributed by atoms with van der Waals surface area (Å²) >= 11 is 2.02. The highest BCUT2D eigenvalue weighted by Gasteiger charge is 2.19. The summed E-state index contributed by atoms with van der Waals surface area (Å²) in [6.07, 6.45) is 8.25. The number of benzene rings is 2. The molecule has 0 heterocycles. The van der Waals surface area contributed by atoms with Gasteiger partial charge in [-0.15, -0.1) is 0 Å². The van der Waals surface area contributed by atoms with Crippen LogP contribution in [0.3, 0.4) is 0 Å². The van der Waals surface area contributed by atoms with Crippen LogP contribution in [0.25, 0.3) is 11.1 Å². The molecule has 1 saturated carbocycles. The minimum Gasteiger partial charge on any atom is -0.366 e. The average Bonchev–Trinajstić information content (AvgIpc) is 2.76. The van der Waals surface area contributed by atoms with Gasteiger partial charge in [0, 0.05) is 23.9 Å². The molecule has 0 saturated heterocycles. The molecule has 2 aromatic carbocycles. The second-order valence-electron chi connectivity index (χ2n) is 8.54. The van der Waals surface area contributed by atoms with Crippen molar-refractivity contribution in [2.45, 2.75) is 65.0 Å². The van der Waals surface area contributed by atoms with Crippen LogP contribution in [0.15, 0.2) is 42.5 Å². The molecule has 0 radical (unpaired) electrons. The lowest BCUT2D eigenvalue weighted by Gasteiger charge is -2.27. The van der Waals surface area contributed by atoms with Gasteiger partial charge in [0.25, 0.3) is 0 Å². The predicted octanol–water partition coefficient (Wildman–Crippen LogP) is 5.94. The number of nitrogens with one attached hydrogen (secondary N) is 1. The maximum absolute atomic E-state index is 12.0. The van der Waals surface area contributed by atoms with Gasteiger partial charge in [0.2, 0.25) is 5.91 Å². The van der Waals surface area contributed by atoms with Crippen LogP contribution in [0.4, 0.5) is 0 Å². The molecule has 2 aromatic rings. The molecule has 3 N–H and O–H groups in total. The summed E-state index contributed by atoms with van der Waals surface area (Å²) in [6, 6.07) is 14.8. The van der Waals surface area contributed by atoms with Crippen molar-refractivity contribution in [3.05, 3.63) is 59.2 Å². The number of hydrogen-bond acceptors (Lipinski definition) is 3. The summed E-state index contributed by atoms with van der Waals surface area (Å²) in [6.45, 7) is 5.13. The molecule has 0 spiro atoms. The van der Waals surface area contributed by atoms with Crippen molar-refractivity contribution in [2.24, 2.45) is 11.7 Å². The quantitative estimate of drug-likeness (QED) is 0.496.